The summed E-state index contributed by atoms with van der Waals surface area (Å²) in [7, 11) is 0. The van der Waals surface area contributed by atoms with Crippen molar-refractivity contribution >= 4 is 11.8 Å². The van der Waals surface area contributed by atoms with Crippen molar-refractivity contribution in [3.63, 3.8) is 0 Å². The Balaban J connectivity index is 2.12. The van der Waals surface area contributed by atoms with Crippen LogP contribution >= 0.6 is 0 Å². The van der Waals surface area contributed by atoms with Gasteiger partial charge in [-0.2, -0.15) is 4.99 Å². The minimum atomic E-state index is -1.32. The monoisotopic (exact) mass is 252 g/mol. The number of rotatable bonds is 2. The lowest BCUT2D eigenvalue weighted by molar-refractivity contribution is 0.0853. The summed E-state index contributed by atoms with van der Waals surface area (Å²) >= 11 is 0. The van der Waals surface area contributed by atoms with Gasteiger partial charge in [0.2, 0.25) is 5.72 Å². The van der Waals surface area contributed by atoms with E-state index in [9.17, 15) is 4.79 Å². The number of nitrogens with zero attached hydrogens (tertiary/aromatic N) is 1. The van der Waals surface area contributed by atoms with E-state index in [0.717, 1.165) is 5.56 Å². The molecule has 2 aromatic carbocycles. The van der Waals surface area contributed by atoms with Crippen molar-refractivity contribution in [3.05, 3.63) is 71.8 Å². The fourth-order valence-electron chi connectivity index (χ4n) is 2.14. The zero-order chi connectivity index (χ0) is 13.3. The Labute approximate surface area is 110 Å². The second-order valence-electron chi connectivity index (χ2n) is 4.30. The average molecular weight is 252 g/mol. The summed E-state index contributed by atoms with van der Waals surface area (Å²) in [5, 5.41) is 0. The summed E-state index contributed by atoms with van der Waals surface area (Å²) in [5.41, 5.74) is 6.86. The maximum absolute atomic E-state index is 11.5. The lowest BCUT2D eigenvalue weighted by Gasteiger charge is -2.24. The van der Waals surface area contributed by atoms with E-state index in [4.69, 9.17) is 10.5 Å². The zero-order valence-corrected chi connectivity index (χ0v) is 10.1. The normalized spacial score (nSPS) is 21.9. The highest BCUT2D eigenvalue weighted by molar-refractivity contribution is 6.14. The first-order valence-corrected chi connectivity index (χ1v) is 5.92. The number of carbonyl (C=O) groups is 1. The summed E-state index contributed by atoms with van der Waals surface area (Å²) in [6, 6.07) is 18.5. The molecule has 1 atom stereocenters. The third-order valence-electron chi connectivity index (χ3n) is 3.05. The Hall–Kier alpha value is -2.46. The fraction of sp³-hybridized carbons (Fsp3) is 0.0667. The van der Waals surface area contributed by atoms with E-state index in [-0.39, 0.29) is 0 Å². The Morgan fingerprint density at radius 2 is 1.53 bits per heavy atom. The summed E-state index contributed by atoms with van der Waals surface area (Å²) < 4.78 is 5.24. The van der Waals surface area contributed by atoms with Crippen molar-refractivity contribution in [2.24, 2.45) is 10.7 Å². The molecule has 2 aromatic rings. The number of hydrogen-bond acceptors (Lipinski definition) is 3. The Kier molecular flexibility index (Phi) is 2.65. The van der Waals surface area contributed by atoms with Crippen LogP contribution in [0.1, 0.15) is 11.1 Å². The Bertz CT molecular complexity index is 638. The average Bonchev–Trinajstić information content (AvgIpc) is 2.77. The van der Waals surface area contributed by atoms with Gasteiger partial charge in [0.25, 0.3) is 0 Å². The predicted octanol–water partition coefficient (Wildman–Crippen LogP) is 2.44. The van der Waals surface area contributed by atoms with Crippen LogP contribution in [0.2, 0.25) is 0 Å². The minimum Gasteiger partial charge on any atom is -0.416 e. The van der Waals surface area contributed by atoms with E-state index in [1.807, 2.05) is 60.7 Å². The molecule has 94 valence electrons. The third kappa shape index (κ3) is 1.92. The molecule has 19 heavy (non-hydrogen) atoms. The van der Waals surface area contributed by atoms with Crippen LogP contribution in [0.25, 0.3) is 0 Å². The van der Waals surface area contributed by atoms with Gasteiger partial charge in [-0.25, -0.2) is 4.79 Å². The highest BCUT2D eigenvalue weighted by Crippen LogP contribution is 2.30. The molecule has 0 bridgehead atoms. The minimum absolute atomic E-state index is 0.435. The molecule has 1 amide bonds. The first-order chi connectivity index (χ1) is 9.20. The molecule has 4 heteroatoms. The lowest BCUT2D eigenvalue weighted by Crippen LogP contribution is -2.44. The smallest absolute Gasteiger partial charge is 0.416 e. The van der Waals surface area contributed by atoms with Crippen molar-refractivity contribution in [2.45, 2.75) is 5.72 Å². The standard InChI is InChI=1S/C15H12N2O2/c16-15(12-9-5-2-6-10-12)13(17-14(18)19-15)11-7-3-1-4-8-11/h1-10H,16H2. The molecule has 0 aromatic heterocycles. The van der Waals surface area contributed by atoms with Crippen LogP contribution in [0.4, 0.5) is 4.79 Å². The van der Waals surface area contributed by atoms with Gasteiger partial charge >= 0.3 is 6.09 Å². The van der Waals surface area contributed by atoms with Crippen LogP contribution in [0.5, 0.6) is 0 Å². The number of nitrogens with two attached hydrogens (primary N) is 1. The van der Waals surface area contributed by atoms with E-state index in [2.05, 4.69) is 4.99 Å². The third-order valence-corrected chi connectivity index (χ3v) is 3.05. The van der Waals surface area contributed by atoms with E-state index in [0.29, 0.717) is 11.3 Å². The number of cyclic esters (lactones) is 1. The Morgan fingerprint density at radius 1 is 0.947 bits per heavy atom. The van der Waals surface area contributed by atoms with Gasteiger partial charge in [0.15, 0.2) is 0 Å². The van der Waals surface area contributed by atoms with Gasteiger partial charge in [0.1, 0.15) is 5.71 Å². The summed E-state index contributed by atoms with van der Waals surface area (Å²) in [6.45, 7) is 0. The first-order valence-electron chi connectivity index (χ1n) is 5.92. The van der Waals surface area contributed by atoms with Crippen molar-refractivity contribution in [1.82, 2.24) is 0 Å². The quantitative estimate of drug-likeness (QED) is 0.892. The summed E-state index contributed by atoms with van der Waals surface area (Å²) in [4.78, 5) is 15.4. The molecule has 1 unspecified atom stereocenters. The van der Waals surface area contributed by atoms with E-state index >= 15 is 0 Å². The van der Waals surface area contributed by atoms with Crippen LogP contribution in [0.15, 0.2) is 65.7 Å². The number of aliphatic imine (C=N–C) groups is 1. The molecule has 0 radical (unpaired) electrons. The highest BCUT2D eigenvalue weighted by atomic mass is 16.6. The summed E-state index contributed by atoms with van der Waals surface area (Å²) in [6.07, 6.45) is -0.662. The van der Waals surface area contributed by atoms with Gasteiger partial charge in [0, 0.05) is 11.1 Å². The van der Waals surface area contributed by atoms with Gasteiger partial charge in [-0.05, 0) is 0 Å². The molecule has 3 rings (SSSR count). The van der Waals surface area contributed by atoms with E-state index in [1.54, 1.807) is 0 Å². The van der Waals surface area contributed by atoms with Crippen LogP contribution in [-0.2, 0) is 10.5 Å². The van der Waals surface area contributed by atoms with Gasteiger partial charge < -0.3 is 4.74 Å². The van der Waals surface area contributed by atoms with Crippen molar-refractivity contribution in [1.29, 1.82) is 0 Å². The molecule has 2 N–H and O–H groups in total. The molecule has 0 spiro atoms. The number of ether oxygens (including phenoxy) is 1. The first kappa shape index (κ1) is 11.6. The van der Waals surface area contributed by atoms with E-state index < -0.39 is 11.8 Å². The van der Waals surface area contributed by atoms with Crippen LogP contribution in [-0.4, -0.2) is 11.8 Å². The molecule has 0 saturated carbocycles. The molecule has 0 fully saturated rings. The predicted molar refractivity (Wildman–Crippen MR) is 71.8 cm³/mol. The number of benzene rings is 2. The Morgan fingerprint density at radius 3 is 2.16 bits per heavy atom. The second-order valence-corrected chi connectivity index (χ2v) is 4.30. The number of amides is 1. The SMILES string of the molecule is NC1(c2ccccc2)OC(=O)N=C1c1ccccc1. The largest absolute Gasteiger partial charge is 0.436 e. The fourth-order valence-corrected chi connectivity index (χ4v) is 2.14. The van der Waals surface area contributed by atoms with Gasteiger partial charge in [-0.1, -0.05) is 60.7 Å². The van der Waals surface area contributed by atoms with E-state index in [1.165, 1.54) is 0 Å². The van der Waals surface area contributed by atoms with Crippen LogP contribution in [0.3, 0.4) is 0 Å². The molecule has 1 aliphatic heterocycles. The van der Waals surface area contributed by atoms with Crippen molar-refractivity contribution in [2.75, 3.05) is 0 Å². The van der Waals surface area contributed by atoms with Gasteiger partial charge in [-0.15, -0.1) is 0 Å². The van der Waals surface area contributed by atoms with Crippen LogP contribution in [0, 0.1) is 0 Å². The lowest BCUT2D eigenvalue weighted by atomic mass is 9.94. The molecule has 0 aliphatic carbocycles. The zero-order valence-electron chi connectivity index (χ0n) is 10.1. The number of hydrogen-bond donors (Lipinski definition) is 1. The number of carbonyl (C=O) groups excluding carboxylic acids is 1. The molecular weight excluding hydrogens is 240 g/mol. The van der Waals surface area contributed by atoms with Crippen LogP contribution < -0.4 is 5.73 Å². The molecular formula is C15H12N2O2. The molecule has 1 aliphatic rings. The molecule has 1 heterocycles. The van der Waals surface area contributed by atoms with Gasteiger partial charge in [-0.3, -0.25) is 5.73 Å². The molecule has 4 nitrogen and oxygen atoms in total. The topological polar surface area (TPSA) is 64.7 Å². The molecule has 0 saturated heterocycles. The second kappa shape index (κ2) is 4.33. The van der Waals surface area contributed by atoms with Crippen molar-refractivity contribution < 1.29 is 9.53 Å². The maximum Gasteiger partial charge on any atom is 0.436 e. The summed E-state index contributed by atoms with van der Waals surface area (Å²) in [5.74, 6) is 0. The maximum atomic E-state index is 11.5. The van der Waals surface area contributed by atoms with Gasteiger partial charge in [0.05, 0.1) is 0 Å². The highest BCUT2D eigenvalue weighted by Gasteiger charge is 2.43. The van der Waals surface area contributed by atoms with Crippen molar-refractivity contribution in [3.8, 4) is 0 Å².